The minimum absolute atomic E-state index is 0.00982. The zero-order chi connectivity index (χ0) is 8.10. The molecule has 1 saturated carbocycles. The Hall–Kier alpha value is 0.310. The predicted octanol–water partition coefficient (Wildman–Crippen LogP) is 2.29. The first-order chi connectivity index (χ1) is 5.33. The molecule has 0 bridgehead atoms. The summed E-state index contributed by atoms with van der Waals surface area (Å²) in [6.07, 6.45) is 8.14. The van der Waals surface area contributed by atoms with E-state index in [-0.39, 0.29) is 6.10 Å². The molecule has 1 fully saturated rings. The zero-order valence-corrected chi connectivity index (χ0v) is 8.07. The molecule has 1 aliphatic carbocycles. The summed E-state index contributed by atoms with van der Waals surface area (Å²) in [4.78, 5) is 0. The van der Waals surface area contributed by atoms with Gasteiger partial charge in [-0.05, 0) is 37.2 Å². The van der Waals surface area contributed by atoms with Crippen molar-refractivity contribution in [3.8, 4) is 0 Å². The van der Waals surface area contributed by atoms with Crippen LogP contribution in [0.5, 0.6) is 0 Å². The van der Waals surface area contributed by atoms with Gasteiger partial charge in [0.05, 0.1) is 6.10 Å². The molecule has 2 heteroatoms. The summed E-state index contributed by atoms with van der Waals surface area (Å²) in [5.74, 6) is 2.07. The van der Waals surface area contributed by atoms with Crippen molar-refractivity contribution < 1.29 is 5.11 Å². The summed E-state index contributed by atoms with van der Waals surface area (Å²) in [6, 6.07) is 0. The van der Waals surface area contributed by atoms with E-state index >= 15 is 0 Å². The Balaban J connectivity index is 2.12. The Morgan fingerprint density at radius 3 is 2.91 bits per heavy atom. The van der Waals surface area contributed by atoms with Crippen molar-refractivity contribution in [3.05, 3.63) is 0 Å². The van der Waals surface area contributed by atoms with Crippen molar-refractivity contribution in [2.24, 2.45) is 5.92 Å². The van der Waals surface area contributed by atoms with E-state index < -0.39 is 0 Å². The molecule has 1 aliphatic rings. The van der Waals surface area contributed by atoms with E-state index in [9.17, 15) is 5.11 Å². The number of rotatable bonds is 3. The van der Waals surface area contributed by atoms with E-state index in [1.807, 2.05) is 11.8 Å². The lowest BCUT2D eigenvalue weighted by Gasteiger charge is -2.25. The number of aliphatic hydroxyl groups is 1. The highest BCUT2D eigenvalue weighted by Gasteiger charge is 2.19. The summed E-state index contributed by atoms with van der Waals surface area (Å²) >= 11 is 1.91. The molecule has 2 atom stereocenters. The van der Waals surface area contributed by atoms with E-state index in [2.05, 4.69) is 6.26 Å². The molecule has 1 rings (SSSR count). The standard InChI is InChI=1S/C9H18OS/c1-11-6-5-8-3-2-4-9(10)7-8/h8-10H,2-7H2,1H3. The largest absolute Gasteiger partial charge is 0.393 e. The van der Waals surface area contributed by atoms with Crippen LogP contribution >= 0.6 is 11.8 Å². The predicted molar refractivity (Wildman–Crippen MR) is 51.0 cm³/mol. The molecule has 11 heavy (non-hydrogen) atoms. The van der Waals surface area contributed by atoms with Crippen molar-refractivity contribution >= 4 is 11.8 Å². The van der Waals surface area contributed by atoms with Crippen LogP contribution in [0.2, 0.25) is 0 Å². The molecule has 1 nitrogen and oxygen atoms in total. The second-order valence-electron chi connectivity index (χ2n) is 3.47. The normalized spacial score (nSPS) is 32.2. The molecule has 0 saturated heterocycles. The van der Waals surface area contributed by atoms with Crippen molar-refractivity contribution in [2.45, 2.75) is 38.2 Å². The van der Waals surface area contributed by atoms with Crippen molar-refractivity contribution in [3.63, 3.8) is 0 Å². The minimum Gasteiger partial charge on any atom is -0.393 e. The van der Waals surface area contributed by atoms with Gasteiger partial charge in [-0.1, -0.05) is 12.8 Å². The van der Waals surface area contributed by atoms with Crippen molar-refractivity contribution in [1.82, 2.24) is 0 Å². The smallest absolute Gasteiger partial charge is 0.0542 e. The fourth-order valence-electron chi connectivity index (χ4n) is 1.81. The third kappa shape index (κ3) is 3.48. The second kappa shape index (κ2) is 5.04. The van der Waals surface area contributed by atoms with Gasteiger partial charge in [0.15, 0.2) is 0 Å². The van der Waals surface area contributed by atoms with E-state index in [1.54, 1.807) is 0 Å². The quantitative estimate of drug-likeness (QED) is 0.708. The van der Waals surface area contributed by atoms with Gasteiger partial charge >= 0.3 is 0 Å². The molecule has 0 aromatic rings. The van der Waals surface area contributed by atoms with Crippen LogP contribution in [0.15, 0.2) is 0 Å². The van der Waals surface area contributed by atoms with Gasteiger partial charge in [-0.15, -0.1) is 0 Å². The van der Waals surface area contributed by atoms with Gasteiger partial charge in [0.2, 0.25) is 0 Å². The Labute approximate surface area is 73.6 Å². The first kappa shape index (κ1) is 9.40. The maximum Gasteiger partial charge on any atom is 0.0542 e. The summed E-state index contributed by atoms with van der Waals surface area (Å²) in [6.45, 7) is 0. The number of thioether (sulfide) groups is 1. The average molecular weight is 174 g/mol. The van der Waals surface area contributed by atoms with E-state index in [1.165, 1.54) is 25.0 Å². The lowest BCUT2D eigenvalue weighted by Crippen LogP contribution is -2.19. The topological polar surface area (TPSA) is 20.2 Å². The van der Waals surface area contributed by atoms with E-state index in [0.29, 0.717) is 0 Å². The molecule has 1 N–H and O–H groups in total. The van der Waals surface area contributed by atoms with Gasteiger partial charge in [0.1, 0.15) is 0 Å². The molecular weight excluding hydrogens is 156 g/mol. The Kier molecular flexibility index (Phi) is 4.31. The average Bonchev–Trinajstić information content (AvgIpc) is 2.01. The van der Waals surface area contributed by atoms with Crippen molar-refractivity contribution in [1.29, 1.82) is 0 Å². The second-order valence-corrected chi connectivity index (χ2v) is 4.45. The minimum atomic E-state index is 0.00982. The molecule has 0 amide bonds. The highest BCUT2D eigenvalue weighted by atomic mass is 32.2. The fraction of sp³-hybridized carbons (Fsp3) is 1.00. The van der Waals surface area contributed by atoms with Crippen LogP contribution in [0, 0.1) is 5.92 Å². The van der Waals surface area contributed by atoms with Crippen LogP contribution in [-0.4, -0.2) is 23.2 Å². The third-order valence-corrected chi connectivity index (χ3v) is 3.13. The molecule has 0 aliphatic heterocycles. The molecule has 2 unspecified atom stereocenters. The maximum absolute atomic E-state index is 9.37. The maximum atomic E-state index is 9.37. The number of hydrogen-bond donors (Lipinski definition) is 1. The van der Waals surface area contributed by atoms with Crippen LogP contribution in [0.3, 0.4) is 0 Å². The number of aliphatic hydroxyl groups excluding tert-OH is 1. The van der Waals surface area contributed by atoms with E-state index in [0.717, 1.165) is 18.8 Å². The summed E-state index contributed by atoms with van der Waals surface area (Å²) < 4.78 is 0. The molecule has 0 aromatic carbocycles. The lowest BCUT2D eigenvalue weighted by atomic mass is 9.86. The van der Waals surface area contributed by atoms with Gasteiger partial charge in [-0.3, -0.25) is 0 Å². The highest BCUT2D eigenvalue weighted by Crippen LogP contribution is 2.27. The van der Waals surface area contributed by atoms with Gasteiger partial charge in [0.25, 0.3) is 0 Å². The van der Waals surface area contributed by atoms with Gasteiger partial charge in [-0.25, -0.2) is 0 Å². The van der Waals surface area contributed by atoms with Crippen molar-refractivity contribution in [2.75, 3.05) is 12.0 Å². The van der Waals surface area contributed by atoms with Crippen LogP contribution in [0.4, 0.5) is 0 Å². The monoisotopic (exact) mass is 174 g/mol. The molecule has 0 heterocycles. The van der Waals surface area contributed by atoms with Crippen LogP contribution < -0.4 is 0 Å². The molecule has 0 radical (unpaired) electrons. The molecule has 66 valence electrons. The van der Waals surface area contributed by atoms with E-state index in [4.69, 9.17) is 0 Å². The van der Waals surface area contributed by atoms with Crippen LogP contribution in [0.1, 0.15) is 32.1 Å². The van der Waals surface area contributed by atoms with Crippen LogP contribution in [0.25, 0.3) is 0 Å². The van der Waals surface area contributed by atoms with Gasteiger partial charge in [0, 0.05) is 0 Å². The Morgan fingerprint density at radius 2 is 2.27 bits per heavy atom. The SMILES string of the molecule is CSCCC1CCCC(O)C1. The summed E-state index contributed by atoms with van der Waals surface area (Å²) in [5.41, 5.74) is 0. The Morgan fingerprint density at radius 1 is 1.45 bits per heavy atom. The first-order valence-corrected chi connectivity index (χ1v) is 5.89. The third-order valence-electron chi connectivity index (χ3n) is 2.49. The molecule has 0 aromatic heterocycles. The summed E-state index contributed by atoms with van der Waals surface area (Å²) in [5, 5.41) is 9.37. The highest BCUT2D eigenvalue weighted by molar-refractivity contribution is 7.98. The first-order valence-electron chi connectivity index (χ1n) is 4.50. The fourth-order valence-corrected chi connectivity index (χ4v) is 2.38. The van der Waals surface area contributed by atoms with Gasteiger partial charge in [-0.2, -0.15) is 11.8 Å². The lowest BCUT2D eigenvalue weighted by molar-refractivity contribution is 0.100. The molecule has 0 spiro atoms. The summed E-state index contributed by atoms with van der Waals surface area (Å²) in [7, 11) is 0. The zero-order valence-electron chi connectivity index (χ0n) is 7.25. The Bertz CT molecular complexity index is 106. The molecular formula is C9H18OS. The van der Waals surface area contributed by atoms with Crippen LogP contribution in [-0.2, 0) is 0 Å². The number of hydrogen-bond acceptors (Lipinski definition) is 2. The van der Waals surface area contributed by atoms with Gasteiger partial charge < -0.3 is 5.11 Å².